The van der Waals surface area contributed by atoms with E-state index in [1.165, 1.54) is 18.5 Å². The molecule has 6 nitrogen and oxygen atoms in total. The average molecular weight is 365 g/mol. The lowest BCUT2D eigenvalue weighted by molar-refractivity contribution is 0.0755. The normalized spacial score (nSPS) is 14.0. The molecule has 1 amide bonds. The number of nitrogens with zero attached hydrogens (tertiary/aromatic N) is 4. The van der Waals surface area contributed by atoms with Gasteiger partial charge in [0.15, 0.2) is 0 Å². The third kappa shape index (κ3) is 3.20. The minimum absolute atomic E-state index is 0.0700. The maximum absolute atomic E-state index is 13.2. The van der Waals surface area contributed by atoms with E-state index in [2.05, 4.69) is 20.2 Å². The van der Waals surface area contributed by atoms with Gasteiger partial charge in [-0.2, -0.15) is 5.10 Å². The highest BCUT2D eigenvalue weighted by molar-refractivity contribution is 5.93. The van der Waals surface area contributed by atoms with Crippen molar-refractivity contribution in [2.75, 3.05) is 13.1 Å². The van der Waals surface area contributed by atoms with Crippen LogP contribution in [0.25, 0.3) is 11.3 Å². The molecule has 1 aliphatic rings. The van der Waals surface area contributed by atoms with Crippen LogP contribution in [0.4, 0.5) is 4.39 Å². The van der Waals surface area contributed by atoms with Gasteiger partial charge >= 0.3 is 0 Å². The number of carbonyl (C=O) groups excluding carboxylic acids is 1. The first-order valence-electron chi connectivity index (χ1n) is 8.94. The molecular formula is C20H20FN5O. The van der Waals surface area contributed by atoms with E-state index in [0.717, 1.165) is 33.8 Å². The fourth-order valence-corrected chi connectivity index (χ4v) is 3.44. The van der Waals surface area contributed by atoms with Crippen LogP contribution in [0.1, 0.15) is 33.0 Å². The molecule has 0 aliphatic carbocycles. The summed E-state index contributed by atoms with van der Waals surface area (Å²) in [5.41, 5.74) is 5.91. The van der Waals surface area contributed by atoms with Gasteiger partial charge in [0.05, 0.1) is 5.69 Å². The van der Waals surface area contributed by atoms with Crippen LogP contribution in [0.2, 0.25) is 0 Å². The smallest absolute Gasteiger partial charge is 0.272 e. The predicted molar refractivity (Wildman–Crippen MR) is 98.8 cm³/mol. The van der Waals surface area contributed by atoms with Gasteiger partial charge in [-0.1, -0.05) is 0 Å². The summed E-state index contributed by atoms with van der Waals surface area (Å²) < 4.78 is 13.2. The number of aryl methyl sites for hydroxylation is 1. The standard InChI is InChI=1S/C20H20FN5O/c1-12-13(2)22-11-23-18(12)20(27)26-9-7-16-17(8-10-26)24-25-19(16)14-3-5-15(21)6-4-14/h3-6,11H,7-10H2,1-2H3,(H,24,25). The average Bonchev–Trinajstić information content (AvgIpc) is 2.95. The van der Waals surface area contributed by atoms with Crippen molar-refractivity contribution >= 4 is 5.91 Å². The second kappa shape index (κ2) is 6.90. The number of aromatic nitrogens is 4. The molecule has 0 spiro atoms. The van der Waals surface area contributed by atoms with E-state index in [0.29, 0.717) is 31.6 Å². The Kier molecular flexibility index (Phi) is 4.43. The molecule has 2 aromatic heterocycles. The Bertz CT molecular complexity index is 996. The van der Waals surface area contributed by atoms with Crippen molar-refractivity contribution in [3.05, 3.63) is 64.6 Å². The largest absolute Gasteiger partial charge is 0.337 e. The van der Waals surface area contributed by atoms with E-state index in [1.807, 2.05) is 18.7 Å². The Morgan fingerprint density at radius 3 is 2.63 bits per heavy atom. The summed E-state index contributed by atoms with van der Waals surface area (Å²) in [7, 11) is 0. The fourth-order valence-electron chi connectivity index (χ4n) is 3.44. The van der Waals surface area contributed by atoms with Crippen LogP contribution in [-0.2, 0) is 12.8 Å². The third-order valence-corrected chi connectivity index (χ3v) is 5.16. The summed E-state index contributed by atoms with van der Waals surface area (Å²) in [5.74, 6) is -0.341. The summed E-state index contributed by atoms with van der Waals surface area (Å²) in [6, 6.07) is 6.32. The molecule has 27 heavy (non-hydrogen) atoms. The van der Waals surface area contributed by atoms with Crippen molar-refractivity contribution in [2.24, 2.45) is 0 Å². The van der Waals surface area contributed by atoms with Gasteiger partial charge in [0.25, 0.3) is 5.91 Å². The first kappa shape index (κ1) is 17.3. The van der Waals surface area contributed by atoms with Crippen LogP contribution in [0.3, 0.4) is 0 Å². The lowest BCUT2D eigenvalue weighted by Gasteiger charge is -2.21. The van der Waals surface area contributed by atoms with E-state index < -0.39 is 0 Å². The Balaban J connectivity index is 1.58. The quantitative estimate of drug-likeness (QED) is 0.758. The van der Waals surface area contributed by atoms with Crippen LogP contribution in [0, 0.1) is 19.7 Å². The van der Waals surface area contributed by atoms with E-state index in [4.69, 9.17) is 0 Å². The summed E-state index contributed by atoms with van der Waals surface area (Å²) in [4.78, 5) is 23.1. The van der Waals surface area contributed by atoms with E-state index in [9.17, 15) is 9.18 Å². The summed E-state index contributed by atoms with van der Waals surface area (Å²) in [6.07, 6.45) is 2.82. The zero-order valence-corrected chi connectivity index (χ0v) is 15.3. The highest BCUT2D eigenvalue weighted by atomic mass is 19.1. The first-order chi connectivity index (χ1) is 13.0. The maximum atomic E-state index is 13.2. The highest BCUT2D eigenvalue weighted by Crippen LogP contribution is 2.27. The number of hydrogen-bond acceptors (Lipinski definition) is 4. The van der Waals surface area contributed by atoms with Crippen molar-refractivity contribution in [2.45, 2.75) is 26.7 Å². The Labute approximate surface area is 156 Å². The number of halogens is 1. The second-order valence-electron chi connectivity index (χ2n) is 6.76. The van der Waals surface area contributed by atoms with Gasteiger partial charge in [-0.3, -0.25) is 9.89 Å². The van der Waals surface area contributed by atoms with E-state index in [1.54, 1.807) is 12.1 Å². The van der Waals surface area contributed by atoms with Crippen molar-refractivity contribution < 1.29 is 9.18 Å². The molecule has 3 aromatic rings. The Morgan fingerprint density at radius 1 is 1.11 bits per heavy atom. The second-order valence-corrected chi connectivity index (χ2v) is 6.76. The fraction of sp³-hybridized carbons (Fsp3) is 0.300. The molecule has 0 radical (unpaired) electrons. The molecule has 0 saturated carbocycles. The van der Waals surface area contributed by atoms with Gasteiger partial charge in [-0.25, -0.2) is 14.4 Å². The predicted octanol–water partition coefficient (Wildman–Crippen LogP) is 2.86. The maximum Gasteiger partial charge on any atom is 0.272 e. The molecule has 1 aromatic carbocycles. The van der Waals surface area contributed by atoms with Crippen LogP contribution < -0.4 is 0 Å². The van der Waals surface area contributed by atoms with Crippen LogP contribution in [0.15, 0.2) is 30.6 Å². The van der Waals surface area contributed by atoms with Crippen molar-refractivity contribution in [3.8, 4) is 11.3 Å². The van der Waals surface area contributed by atoms with Crippen LogP contribution in [-0.4, -0.2) is 44.1 Å². The van der Waals surface area contributed by atoms with E-state index >= 15 is 0 Å². The number of nitrogens with one attached hydrogen (secondary N) is 1. The van der Waals surface area contributed by atoms with Crippen LogP contribution in [0.5, 0.6) is 0 Å². The molecule has 1 N–H and O–H groups in total. The molecule has 0 saturated heterocycles. The first-order valence-corrected chi connectivity index (χ1v) is 8.94. The number of benzene rings is 1. The van der Waals surface area contributed by atoms with E-state index in [-0.39, 0.29) is 11.7 Å². The molecular weight excluding hydrogens is 345 g/mol. The number of amides is 1. The number of rotatable bonds is 2. The van der Waals surface area contributed by atoms with Gasteiger partial charge in [0, 0.05) is 47.6 Å². The topological polar surface area (TPSA) is 74.8 Å². The Morgan fingerprint density at radius 2 is 1.85 bits per heavy atom. The number of hydrogen-bond donors (Lipinski definition) is 1. The van der Waals surface area contributed by atoms with Crippen molar-refractivity contribution in [1.29, 1.82) is 0 Å². The minimum atomic E-state index is -0.271. The molecule has 0 unspecified atom stereocenters. The molecule has 4 rings (SSSR count). The summed E-state index contributed by atoms with van der Waals surface area (Å²) >= 11 is 0. The molecule has 0 atom stereocenters. The summed E-state index contributed by atoms with van der Waals surface area (Å²) in [6.45, 7) is 4.93. The number of aromatic amines is 1. The van der Waals surface area contributed by atoms with Gasteiger partial charge in [0.1, 0.15) is 17.8 Å². The lowest BCUT2D eigenvalue weighted by Crippen LogP contribution is -2.34. The summed E-state index contributed by atoms with van der Waals surface area (Å²) in [5, 5.41) is 7.51. The zero-order chi connectivity index (χ0) is 19.0. The van der Waals surface area contributed by atoms with Crippen LogP contribution >= 0.6 is 0 Å². The number of H-pyrrole nitrogens is 1. The highest BCUT2D eigenvalue weighted by Gasteiger charge is 2.25. The molecule has 7 heteroatoms. The van der Waals surface area contributed by atoms with Gasteiger partial charge in [-0.05, 0) is 44.5 Å². The van der Waals surface area contributed by atoms with Crippen molar-refractivity contribution in [3.63, 3.8) is 0 Å². The number of carbonyl (C=O) groups is 1. The molecule has 0 fully saturated rings. The van der Waals surface area contributed by atoms with Gasteiger partial charge in [-0.15, -0.1) is 0 Å². The Hall–Kier alpha value is -3.09. The molecule has 1 aliphatic heterocycles. The third-order valence-electron chi connectivity index (χ3n) is 5.16. The molecule has 0 bridgehead atoms. The zero-order valence-electron chi connectivity index (χ0n) is 15.3. The molecule has 3 heterocycles. The lowest BCUT2D eigenvalue weighted by atomic mass is 10.0. The van der Waals surface area contributed by atoms with Gasteiger partial charge < -0.3 is 4.90 Å². The molecule has 138 valence electrons. The van der Waals surface area contributed by atoms with Crippen molar-refractivity contribution in [1.82, 2.24) is 25.1 Å². The monoisotopic (exact) mass is 365 g/mol. The minimum Gasteiger partial charge on any atom is -0.337 e. The SMILES string of the molecule is Cc1ncnc(C(=O)N2CCc3[nH]nc(-c4ccc(F)cc4)c3CC2)c1C. The number of fused-ring (bicyclic) bond motifs is 1. The van der Waals surface area contributed by atoms with Gasteiger partial charge in [0.2, 0.25) is 0 Å².